The molecule has 0 atom stereocenters. The van der Waals surface area contributed by atoms with E-state index in [-0.39, 0.29) is 16.1 Å². The lowest BCUT2D eigenvalue weighted by molar-refractivity contribution is 0.0697. The van der Waals surface area contributed by atoms with Crippen LogP contribution >= 0.6 is 11.8 Å². The second-order valence-electron chi connectivity index (χ2n) is 5.06. The Kier molecular flexibility index (Phi) is 3.59. The van der Waals surface area contributed by atoms with E-state index in [1.807, 2.05) is 6.07 Å². The van der Waals surface area contributed by atoms with Crippen molar-refractivity contribution in [1.29, 1.82) is 0 Å². The van der Waals surface area contributed by atoms with E-state index in [1.54, 1.807) is 0 Å². The number of aromatic carboxylic acids is 1. The summed E-state index contributed by atoms with van der Waals surface area (Å²) in [6, 6.07) is 8.44. The van der Waals surface area contributed by atoms with Gasteiger partial charge >= 0.3 is 5.97 Å². The van der Waals surface area contributed by atoms with Crippen molar-refractivity contribution in [1.82, 2.24) is 0 Å². The highest BCUT2D eigenvalue weighted by molar-refractivity contribution is 7.99. The van der Waals surface area contributed by atoms with Crippen LogP contribution in [0.2, 0.25) is 0 Å². The van der Waals surface area contributed by atoms with E-state index in [4.69, 9.17) is 10.8 Å². The molecule has 0 fully saturated rings. The Bertz CT molecular complexity index is 730. The van der Waals surface area contributed by atoms with Gasteiger partial charge in [-0.15, -0.1) is 0 Å². The minimum atomic E-state index is -1.15. The number of carboxylic acid groups (broad SMARTS) is 1. The zero-order valence-electron chi connectivity index (χ0n) is 11.2. The average molecular weight is 303 g/mol. The third-order valence-corrected chi connectivity index (χ3v) is 4.65. The van der Waals surface area contributed by atoms with Gasteiger partial charge in [0.2, 0.25) is 0 Å². The Morgan fingerprint density at radius 2 is 1.95 bits per heavy atom. The van der Waals surface area contributed by atoms with Gasteiger partial charge in [-0.3, -0.25) is 0 Å². The van der Waals surface area contributed by atoms with Crippen molar-refractivity contribution >= 4 is 23.4 Å². The van der Waals surface area contributed by atoms with Gasteiger partial charge in [-0.2, -0.15) is 0 Å². The highest BCUT2D eigenvalue weighted by atomic mass is 32.2. The molecule has 0 saturated heterocycles. The molecule has 0 heterocycles. The Hall–Kier alpha value is -2.01. The minimum Gasteiger partial charge on any atom is -0.478 e. The number of fused-ring (bicyclic) bond motifs is 1. The zero-order chi connectivity index (χ0) is 15.0. The molecule has 0 aromatic heterocycles. The number of aryl methyl sites for hydroxylation is 2. The minimum absolute atomic E-state index is 0.0571. The van der Waals surface area contributed by atoms with Crippen molar-refractivity contribution in [3.05, 3.63) is 52.8 Å². The van der Waals surface area contributed by atoms with E-state index < -0.39 is 11.8 Å². The van der Waals surface area contributed by atoms with Crippen LogP contribution in [0.4, 0.5) is 10.1 Å². The van der Waals surface area contributed by atoms with Crippen LogP contribution in [0.3, 0.4) is 0 Å². The Labute approximate surface area is 126 Å². The Morgan fingerprint density at radius 3 is 2.71 bits per heavy atom. The molecule has 3 nitrogen and oxygen atoms in total. The predicted molar refractivity (Wildman–Crippen MR) is 80.4 cm³/mol. The summed E-state index contributed by atoms with van der Waals surface area (Å²) in [7, 11) is 0. The summed E-state index contributed by atoms with van der Waals surface area (Å²) in [4.78, 5) is 12.3. The standard InChI is InChI=1S/C16H14FNO2S/c17-13-8-14(18)12(16(19)20)7-15(13)21-11-5-4-9-2-1-3-10(9)6-11/h4-8H,1-3,18H2,(H,19,20). The van der Waals surface area contributed by atoms with E-state index in [1.165, 1.54) is 29.0 Å². The summed E-state index contributed by atoms with van der Waals surface area (Å²) < 4.78 is 14.0. The molecule has 108 valence electrons. The number of nitrogen functional groups attached to an aromatic ring is 1. The van der Waals surface area contributed by atoms with Crippen molar-refractivity contribution < 1.29 is 14.3 Å². The van der Waals surface area contributed by atoms with Crippen LogP contribution < -0.4 is 5.73 Å². The molecule has 2 aromatic rings. The van der Waals surface area contributed by atoms with Crippen molar-refractivity contribution in [3.8, 4) is 0 Å². The number of hydrogen-bond acceptors (Lipinski definition) is 3. The Balaban J connectivity index is 1.94. The second kappa shape index (κ2) is 5.41. The predicted octanol–water partition coefficient (Wildman–Crippen LogP) is 3.75. The summed E-state index contributed by atoms with van der Waals surface area (Å²) in [5.74, 6) is -1.65. The second-order valence-corrected chi connectivity index (χ2v) is 6.18. The quantitative estimate of drug-likeness (QED) is 0.848. The zero-order valence-corrected chi connectivity index (χ0v) is 12.0. The van der Waals surface area contributed by atoms with E-state index in [0.717, 1.165) is 30.2 Å². The van der Waals surface area contributed by atoms with Gasteiger partial charge < -0.3 is 10.8 Å². The number of benzene rings is 2. The number of halogens is 1. The maximum absolute atomic E-state index is 14.0. The van der Waals surface area contributed by atoms with Crippen LogP contribution in [0.15, 0.2) is 40.1 Å². The van der Waals surface area contributed by atoms with Crippen molar-refractivity contribution in [3.63, 3.8) is 0 Å². The molecule has 5 heteroatoms. The summed E-state index contributed by atoms with van der Waals surface area (Å²) in [5.41, 5.74) is 8.05. The molecule has 1 aliphatic carbocycles. The Morgan fingerprint density at radius 1 is 1.19 bits per heavy atom. The molecule has 0 saturated carbocycles. The molecule has 3 N–H and O–H groups in total. The van der Waals surface area contributed by atoms with Crippen molar-refractivity contribution in [2.75, 3.05) is 5.73 Å². The molecule has 0 aliphatic heterocycles. The molecule has 0 radical (unpaired) electrons. The van der Waals surface area contributed by atoms with E-state index >= 15 is 0 Å². The molecule has 0 spiro atoms. The number of carbonyl (C=O) groups is 1. The van der Waals surface area contributed by atoms with Gasteiger partial charge in [0.15, 0.2) is 0 Å². The van der Waals surface area contributed by atoms with Gasteiger partial charge in [-0.1, -0.05) is 17.8 Å². The van der Waals surface area contributed by atoms with E-state index in [2.05, 4.69) is 12.1 Å². The number of carboxylic acids is 1. The summed E-state index contributed by atoms with van der Waals surface area (Å²) in [6.45, 7) is 0. The maximum Gasteiger partial charge on any atom is 0.337 e. The van der Waals surface area contributed by atoms with Gasteiger partial charge in [0.25, 0.3) is 0 Å². The van der Waals surface area contributed by atoms with E-state index in [9.17, 15) is 9.18 Å². The normalized spacial score (nSPS) is 13.2. The summed E-state index contributed by atoms with van der Waals surface area (Å²) in [6.07, 6.45) is 3.30. The van der Waals surface area contributed by atoms with Crippen molar-refractivity contribution in [2.45, 2.75) is 29.1 Å². The van der Waals surface area contributed by atoms with Crippen LogP contribution in [0.1, 0.15) is 27.9 Å². The third kappa shape index (κ3) is 2.74. The van der Waals surface area contributed by atoms with Crippen LogP contribution in [0, 0.1) is 5.82 Å². The first-order chi connectivity index (χ1) is 10.0. The van der Waals surface area contributed by atoms with Crippen LogP contribution in [0.25, 0.3) is 0 Å². The largest absolute Gasteiger partial charge is 0.478 e. The highest BCUT2D eigenvalue weighted by Gasteiger charge is 2.16. The SMILES string of the molecule is Nc1cc(F)c(Sc2ccc3c(c2)CCC3)cc1C(=O)O. The average Bonchev–Trinajstić information content (AvgIpc) is 2.88. The molecule has 0 unspecified atom stereocenters. The van der Waals surface area contributed by atoms with Gasteiger partial charge in [0, 0.05) is 15.5 Å². The summed E-state index contributed by atoms with van der Waals surface area (Å²) >= 11 is 1.23. The lowest BCUT2D eigenvalue weighted by Crippen LogP contribution is -2.03. The number of nitrogens with two attached hydrogens (primary N) is 1. The van der Waals surface area contributed by atoms with Crippen LogP contribution in [0.5, 0.6) is 0 Å². The molecular formula is C16H14FNO2S. The van der Waals surface area contributed by atoms with Gasteiger partial charge in [0.05, 0.1) is 5.56 Å². The first kappa shape index (κ1) is 13.9. The molecule has 1 aliphatic rings. The molecule has 0 bridgehead atoms. The topological polar surface area (TPSA) is 63.3 Å². The monoisotopic (exact) mass is 303 g/mol. The lowest BCUT2D eigenvalue weighted by Gasteiger charge is -2.08. The lowest BCUT2D eigenvalue weighted by atomic mass is 10.1. The number of anilines is 1. The fourth-order valence-electron chi connectivity index (χ4n) is 2.57. The van der Waals surface area contributed by atoms with E-state index in [0.29, 0.717) is 0 Å². The van der Waals surface area contributed by atoms with Gasteiger partial charge in [-0.25, -0.2) is 9.18 Å². The third-order valence-electron chi connectivity index (χ3n) is 3.63. The fraction of sp³-hybridized carbons (Fsp3) is 0.188. The smallest absolute Gasteiger partial charge is 0.337 e. The molecular weight excluding hydrogens is 289 g/mol. The van der Waals surface area contributed by atoms with Crippen molar-refractivity contribution in [2.24, 2.45) is 0 Å². The molecule has 2 aromatic carbocycles. The van der Waals surface area contributed by atoms with Crippen LogP contribution in [-0.2, 0) is 12.8 Å². The maximum atomic E-state index is 14.0. The molecule has 21 heavy (non-hydrogen) atoms. The summed E-state index contributed by atoms with van der Waals surface area (Å²) in [5, 5.41) is 9.06. The van der Waals surface area contributed by atoms with Gasteiger partial charge in [-0.05, 0) is 54.7 Å². The fourth-order valence-corrected chi connectivity index (χ4v) is 3.50. The highest BCUT2D eigenvalue weighted by Crippen LogP contribution is 2.35. The molecule has 3 rings (SSSR count). The first-order valence-corrected chi connectivity index (χ1v) is 7.48. The number of hydrogen-bond donors (Lipinski definition) is 2. The van der Waals surface area contributed by atoms with Crippen LogP contribution in [-0.4, -0.2) is 11.1 Å². The number of rotatable bonds is 3. The first-order valence-electron chi connectivity index (χ1n) is 6.66. The molecule has 0 amide bonds. The van der Waals surface area contributed by atoms with Gasteiger partial charge in [0.1, 0.15) is 5.82 Å².